The van der Waals surface area contributed by atoms with Gasteiger partial charge < -0.3 is 5.32 Å². The standard InChI is InChI=1S/C13H16N4/c1-3-7-15-13-5-4-12(16-17-13)11-9-14-8-6-10(11)2/h4-6,8-9H,3,7H2,1-2H3,(H,15,17). The summed E-state index contributed by atoms with van der Waals surface area (Å²) in [6.45, 7) is 5.08. The third kappa shape index (κ3) is 2.78. The Morgan fingerprint density at radius 2 is 2.06 bits per heavy atom. The van der Waals surface area contributed by atoms with Gasteiger partial charge in [0.2, 0.25) is 0 Å². The Hall–Kier alpha value is -1.97. The average molecular weight is 228 g/mol. The molecule has 0 fully saturated rings. The van der Waals surface area contributed by atoms with Crippen molar-refractivity contribution in [3.8, 4) is 11.3 Å². The molecule has 2 aromatic rings. The molecule has 2 heterocycles. The van der Waals surface area contributed by atoms with Crippen molar-refractivity contribution < 1.29 is 0 Å². The number of aryl methyl sites for hydroxylation is 1. The second-order valence-corrected chi connectivity index (χ2v) is 3.92. The van der Waals surface area contributed by atoms with E-state index in [0.29, 0.717) is 0 Å². The van der Waals surface area contributed by atoms with Gasteiger partial charge in [0.1, 0.15) is 5.82 Å². The lowest BCUT2D eigenvalue weighted by molar-refractivity contribution is 0.945. The topological polar surface area (TPSA) is 50.7 Å². The SMILES string of the molecule is CCCNc1ccc(-c2cnccc2C)nn1. The van der Waals surface area contributed by atoms with E-state index in [1.807, 2.05) is 31.3 Å². The number of hydrogen-bond acceptors (Lipinski definition) is 4. The largest absolute Gasteiger partial charge is 0.369 e. The number of nitrogens with zero attached hydrogens (tertiary/aromatic N) is 3. The molecule has 4 heteroatoms. The molecule has 0 saturated heterocycles. The summed E-state index contributed by atoms with van der Waals surface area (Å²) in [6, 6.07) is 5.89. The molecule has 0 radical (unpaired) electrons. The zero-order valence-corrected chi connectivity index (χ0v) is 10.1. The number of anilines is 1. The molecule has 0 saturated carbocycles. The van der Waals surface area contributed by atoms with Crippen LogP contribution >= 0.6 is 0 Å². The van der Waals surface area contributed by atoms with Crippen molar-refractivity contribution in [2.45, 2.75) is 20.3 Å². The summed E-state index contributed by atoms with van der Waals surface area (Å²) in [4.78, 5) is 4.11. The van der Waals surface area contributed by atoms with Gasteiger partial charge in [-0.2, -0.15) is 0 Å². The minimum atomic E-state index is 0.817. The van der Waals surface area contributed by atoms with Crippen LogP contribution in [-0.2, 0) is 0 Å². The molecule has 0 aliphatic rings. The van der Waals surface area contributed by atoms with E-state index in [0.717, 1.165) is 35.6 Å². The Bertz CT molecular complexity index is 479. The Morgan fingerprint density at radius 1 is 1.18 bits per heavy atom. The van der Waals surface area contributed by atoms with Crippen molar-refractivity contribution in [1.82, 2.24) is 15.2 Å². The lowest BCUT2D eigenvalue weighted by atomic mass is 10.1. The zero-order valence-electron chi connectivity index (χ0n) is 10.1. The Morgan fingerprint density at radius 3 is 2.71 bits per heavy atom. The van der Waals surface area contributed by atoms with Gasteiger partial charge in [0, 0.05) is 24.5 Å². The highest BCUT2D eigenvalue weighted by Gasteiger charge is 2.03. The van der Waals surface area contributed by atoms with Gasteiger partial charge in [0.15, 0.2) is 0 Å². The molecule has 0 amide bonds. The van der Waals surface area contributed by atoms with Crippen molar-refractivity contribution in [3.63, 3.8) is 0 Å². The highest BCUT2D eigenvalue weighted by molar-refractivity contribution is 5.62. The highest BCUT2D eigenvalue weighted by Crippen LogP contribution is 2.19. The van der Waals surface area contributed by atoms with Crippen molar-refractivity contribution >= 4 is 5.82 Å². The molecule has 0 atom stereocenters. The predicted octanol–water partition coefficient (Wildman–Crippen LogP) is 2.67. The van der Waals surface area contributed by atoms with Gasteiger partial charge in [-0.15, -0.1) is 10.2 Å². The normalized spacial score (nSPS) is 10.2. The van der Waals surface area contributed by atoms with Gasteiger partial charge in [-0.05, 0) is 37.1 Å². The highest BCUT2D eigenvalue weighted by atomic mass is 15.2. The van der Waals surface area contributed by atoms with Crippen LogP contribution in [0.4, 0.5) is 5.82 Å². The number of nitrogens with one attached hydrogen (secondary N) is 1. The molecular weight excluding hydrogens is 212 g/mol. The molecular formula is C13H16N4. The van der Waals surface area contributed by atoms with Gasteiger partial charge >= 0.3 is 0 Å². The Balaban J connectivity index is 2.21. The lowest BCUT2D eigenvalue weighted by Crippen LogP contribution is -2.03. The minimum absolute atomic E-state index is 0.817. The van der Waals surface area contributed by atoms with Gasteiger partial charge in [-0.3, -0.25) is 4.98 Å². The summed E-state index contributed by atoms with van der Waals surface area (Å²) < 4.78 is 0. The first-order chi connectivity index (χ1) is 8.31. The first kappa shape index (κ1) is 11.5. The van der Waals surface area contributed by atoms with Crippen LogP contribution < -0.4 is 5.32 Å². The predicted molar refractivity (Wildman–Crippen MR) is 68.8 cm³/mol. The monoisotopic (exact) mass is 228 g/mol. The van der Waals surface area contributed by atoms with Crippen molar-refractivity contribution in [2.75, 3.05) is 11.9 Å². The van der Waals surface area contributed by atoms with Gasteiger partial charge in [-0.25, -0.2) is 0 Å². The zero-order chi connectivity index (χ0) is 12.1. The minimum Gasteiger partial charge on any atom is -0.369 e. The van der Waals surface area contributed by atoms with Crippen LogP contribution in [0, 0.1) is 6.92 Å². The van der Waals surface area contributed by atoms with Gasteiger partial charge in [0.25, 0.3) is 0 Å². The number of rotatable bonds is 4. The third-order valence-corrected chi connectivity index (χ3v) is 2.54. The smallest absolute Gasteiger partial charge is 0.148 e. The van der Waals surface area contributed by atoms with Crippen LogP contribution in [-0.4, -0.2) is 21.7 Å². The molecule has 2 aromatic heterocycles. The van der Waals surface area contributed by atoms with Crippen LogP contribution in [0.5, 0.6) is 0 Å². The van der Waals surface area contributed by atoms with Crippen molar-refractivity contribution in [1.29, 1.82) is 0 Å². The molecule has 0 bridgehead atoms. The molecule has 88 valence electrons. The van der Waals surface area contributed by atoms with E-state index in [2.05, 4.69) is 27.4 Å². The quantitative estimate of drug-likeness (QED) is 0.874. The van der Waals surface area contributed by atoms with E-state index in [9.17, 15) is 0 Å². The maximum absolute atomic E-state index is 4.21. The van der Waals surface area contributed by atoms with E-state index in [1.54, 1.807) is 6.20 Å². The van der Waals surface area contributed by atoms with E-state index in [-0.39, 0.29) is 0 Å². The Labute approximate surface area is 101 Å². The maximum Gasteiger partial charge on any atom is 0.148 e. The van der Waals surface area contributed by atoms with Crippen LogP contribution in [0.15, 0.2) is 30.6 Å². The molecule has 17 heavy (non-hydrogen) atoms. The van der Waals surface area contributed by atoms with Crippen molar-refractivity contribution in [2.24, 2.45) is 0 Å². The molecule has 0 aliphatic heterocycles. The van der Waals surface area contributed by atoms with Crippen LogP contribution in [0.3, 0.4) is 0 Å². The third-order valence-electron chi connectivity index (χ3n) is 2.54. The summed E-state index contributed by atoms with van der Waals surface area (Å²) in [7, 11) is 0. The number of hydrogen-bond donors (Lipinski definition) is 1. The molecule has 0 aliphatic carbocycles. The summed E-state index contributed by atoms with van der Waals surface area (Å²) in [6.07, 6.45) is 4.67. The summed E-state index contributed by atoms with van der Waals surface area (Å²) in [5, 5.41) is 11.6. The maximum atomic E-state index is 4.21. The first-order valence-corrected chi connectivity index (χ1v) is 5.80. The lowest BCUT2D eigenvalue weighted by Gasteiger charge is -2.05. The molecule has 0 unspecified atom stereocenters. The van der Waals surface area contributed by atoms with E-state index in [1.165, 1.54) is 0 Å². The summed E-state index contributed by atoms with van der Waals surface area (Å²) in [5.74, 6) is 0.817. The first-order valence-electron chi connectivity index (χ1n) is 5.80. The second-order valence-electron chi connectivity index (χ2n) is 3.92. The fourth-order valence-corrected chi connectivity index (χ4v) is 1.56. The average Bonchev–Trinajstić information content (AvgIpc) is 2.38. The van der Waals surface area contributed by atoms with Gasteiger partial charge in [-0.1, -0.05) is 6.92 Å². The Kier molecular flexibility index (Phi) is 3.65. The number of aromatic nitrogens is 3. The van der Waals surface area contributed by atoms with E-state index >= 15 is 0 Å². The fourth-order valence-electron chi connectivity index (χ4n) is 1.56. The van der Waals surface area contributed by atoms with Crippen molar-refractivity contribution in [3.05, 3.63) is 36.2 Å². The summed E-state index contributed by atoms with van der Waals surface area (Å²) >= 11 is 0. The van der Waals surface area contributed by atoms with E-state index in [4.69, 9.17) is 0 Å². The van der Waals surface area contributed by atoms with Crippen LogP contribution in [0.1, 0.15) is 18.9 Å². The molecule has 0 aromatic carbocycles. The molecule has 0 spiro atoms. The molecule has 1 N–H and O–H groups in total. The van der Waals surface area contributed by atoms with Crippen LogP contribution in [0.25, 0.3) is 11.3 Å². The van der Waals surface area contributed by atoms with Gasteiger partial charge in [0.05, 0.1) is 5.69 Å². The second kappa shape index (κ2) is 5.39. The fraction of sp³-hybridized carbons (Fsp3) is 0.308. The molecule has 4 nitrogen and oxygen atoms in total. The number of pyridine rings is 1. The molecule has 2 rings (SSSR count). The van der Waals surface area contributed by atoms with E-state index < -0.39 is 0 Å². The summed E-state index contributed by atoms with van der Waals surface area (Å²) in [5.41, 5.74) is 3.04. The van der Waals surface area contributed by atoms with Crippen LogP contribution in [0.2, 0.25) is 0 Å².